The molecule has 4 heteroatoms. The third kappa shape index (κ3) is 2.69. The maximum atomic E-state index is 4.34. The maximum absolute atomic E-state index is 4.34. The lowest BCUT2D eigenvalue weighted by atomic mass is 10.2. The first kappa shape index (κ1) is 12.2. The van der Waals surface area contributed by atoms with Gasteiger partial charge in [-0.05, 0) is 38.5 Å². The summed E-state index contributed by atoms with van der Waals surface area (Å²) in [5.74, 6) is 0.876. The van der Waals surface area contributed by atoms with Crippen molar-refractivity contribution in [1.29, 1.82) is 0 Å². The van der Waals surface area contributed by atoms with E-state index in [1.165, 1.54) is 5.56 Å². The van der Waals surface area contributed by atoms with Crippen LogP contribution in [-0.4, -0.2) is 9.55 Å². The van der Waals surface area contributed by atoms with E-state index >= 15 is 0 Å². The molecule has 0 saturated carbocycles. The molecule has 1 N–H and O–H groups in total. The second kappa shape index (κ2) is 4.92. The van der Waals surface area contributed by atoms with Crippen LogP contribution in [0.25, 0.3) is 0 Å². The molecule has 0 aliphatic rings. The highest BCUT2D eigenvalue weighted by Gasteiger charge is 2.07. The van der Waals surface area contributed by atoms with Crippen LogP contribution in [0.5, 0.6) is 0 Å². The number of imidazole rings is 1. The molecule has 3 nitrogen and oxygen atoms in total. The molecule has 0 unspecified atom stereocenters. The molecule has 2 rings (SSSR count). The minimum Gasteiger partial charge on any atom is -0.325 e. The number of aryl methyl sites for hydroxylation is 1. The molecule has 0 radical (unpaired) electrons. The Bertz CT molecular complexity index is 517. The smallest absolute Gasteiger partial charge is 0.207 e. The van der Waals surface area contributed by atoms with Gasteiger partial charge in [0, 0.05) is 28.6 Å². The Kier molecular flexibility index (Phi) is 3.52. The molecule has 0 atom stereocenters. The minimum atomic E-state index is 0.396. The van der Waals surface area contributed by atoms with E-state index in [2.05, 4.69) is 63.7 Å². The van der Waals surface area contributed by atoms with Gasteiger partial charge in [0.15, 0.2) is 0 Å². The summed E-state index contributed by atoms with van der Waals surface area (Å²) in [6.45, 7) is 6.36. The van der Waals surface area contributed by atoms with Gasteiger partial charge >= 0.3 is 0 Å². The predicted octanol–water partition coefficient (Wildman–Crippen LogP) is 4.28. The van der Waals surface area contributed by atoms with Gasteiger partial charge in [0.2, 0.25) is 5.95 Å². The Morgan fingerprint density at radius 2 is 2.12 bits per heavy atom. The average Bonchev–Trinajstić information content (AvgIpc) is 2.71. The van der Waals surface area contributed by atoms with E-state index in [1.54, 1.807) is 0 Å². The lowest BCUT2D eigenvalue weighted by Crippen LogP contribution is -2.05. The van der Waals surface area contributed by atoms with Crippen molar-refractivity contribution in [1.82, 2.24) is 9.55 Å². The first-order valence-corrected chi connectivity index (χ1v) is 6.43. The fraction of sp³-hybridized carbons (Fsp3) is 0.308. The molecular formula is C13H16BrN3. The summed E-state index contributed by atoms with van der Waals surface area (Å²) in [4.78, 5) is 4.34. The first-order chi connectivity index (χ1) is 8.08. The summed E-state index contributed by atoms with van der Waals surface area (Å²) < 4.78 is 3.17. The van der Waals surface area contributed by atoms with Gasteiger partial charge in [-0.15, -0.1) is 0 Å². The fourth-order valence-electron chi connectivity index (χ4n) is 1.68. The lowest BCUT2D eigenvalue weighted by molar-refractivity contribution is 0.608. The van der Waals surface area contributed by atoms with Gasteiger partial charge < -0.3 is 9.88 Å². The number of nitrogens with zero attached hydrogens (tertiary/aromatic N) is 2. The van der Waals surface area contributed by atoms with E-state index in [0.29, 0.717) is 6.04 Å². The minimum absolute atomic E-state index is 0.396. The molecule has 2 aromatic rings. The second-order valence-corrected chi connectivity index (χ2v) is 5.25. The van der Waals surface area contributed by atoms with Crippen LogP contribution in [0.1, 0.15) is 25.5 Å². The van der Waals surface area contributed by atoms with Crippen LogP contribution in [-0.2, 0) is 0 Å². The van der Waals surface area contributed by atoms with Crippen LogP contribution < -0.4 is 5.32 Å². The number of hydrogen-bond donors (Lipinski definition) is 1. The summed E-state index contributed by atoms with van der Waals surface area (Å²) in [6.07, 6.45) is 3.80. The van der Waals surface area contributed by atoms with Gasteiger partial charge in [-0.2, -0.15) is 0 Å². The Labute approximate surface area is 110 Å². The van der Waals surface area contributed by atoms with Gasteiger partial charge in [-0.1, -0.05) is 22.0 Å². The van der Waals surface area contributed by atoms with Crippen molar-refractivity contribution >= 4 is 27.6 Å². The van der Waals surface area contributed by atoms with E-state index in [-0.39, 0.29) is 0 Å². The van der Waals surface area contributed by atoms with Crippen LogP contribution in [0, 0.1) is 6.92 Å². The number of aromatic nitrogens is 2. The quantitative estimate of drug-likeness (QED) is 0.915. The van der Waals surface area contributed by atoms with Crippen molar-refractivity contribution in [2.45, 2.75) is 26.8 Å². The number of halogens is 1. The van der Waals surface area contributed by atoms with Gasteiger partial charge in [-0.25, -0.2) is 4.98 Å². The zero-order valence-electron chi connectivity index (χ0n) is 10.2. The van der Waals surface area contributed by atoms with Crippen LogP contribution in [0.3, 0.4) is 0 Å². The summed E-state index contributed by atoms with van der Waals surface area (Å²) in [5, 5.41) is 3.36. The Morgan fingerprint density at radius 3 is 2.82 bits per heavy atom. The SMILES string of the molecule is Cc1ccc(Br)cc1Nc1nccn1C(C)C. The fourth-order valence-corrected chi connectivity index (χ4v) is 2.04. The molecule has 1 aromatic heterocycles. The van der Waals surface area contributed by atoms with Crippen LogP contribution in [0.4, 0.5) is 11.6 Å². The molecule has 0 aliphatic heterocycles. The van der Waals surface area contributed by atoms with Gasteiger partial charge in [0.25, 0.3) is 0 Å². The molecule has 0 fully saturated rings. The third-order valence-corrected chi connectivity index (χ3v) is 3.16. The topological polar surface area (TPSA) is 29.9 Å². The van der Waals surface area contributed by atoms with Gasteiger partial charge in [-0.3, -0.25) is 0 Å². The van der Waals surface area contributed by atoms with Crippen molar-refractivity contribution in [3.8, 4) is 0 Å². The normalized spacial score (nSPS) is 10.9. The van der Waals surface area contributed by atoms with E-state index in [4.69, 9.17) is 0 Å². The molecule has 0 bridgehead atoms. The van der Waals surface area contributed by atoms with E-state index in [9.17, 15) is 0 Å². The van der Waals surface area contributed by atoms with E-state index in [1.807, 2.05) is 18.5 Å². The lowest BCUT2D eigenvalue weighted by Gasteiger charge is -2.14. The zero-order valence-corrected chi connectivity index (χ0v) is 11.8. The number of hydrogen-bond acceptors (Lipinski definition) is 2. The summed E-state index contributed by atoms with van der Waals surface area (Å²) in [6, 6.07) is 6.58. The predicted molar refractivity (Wildman–Crippen MR) is 74.8 cm³/mol. The molecule has 0 aliphatic carbocycles. The summed E-state index contributed by atoms with van der Waals surface area (Å²) in [7, 11) is 0. The van der Waals surface area contributed by atoms with Crippen molar-refractivity contribution < 1.29 is 0 Å². The molecular weight excluding hydrogens is 278 g/mol. The Balaban J connectivity index is 2.31. The Morgan fingerprint density at radius 1 is 1.35 bits per heavy atom. The molecule has 1 heterocycles. The van der Waals surface area contributed by atoms with Gasteiger partial charge in [0.1, 0.15) is 0 Å². The van der Waals surface area contributed by atoms with Gasteiger partial charge in [0.05, 0.1) is 0 Å². The van der Waals surface area contributed by atoms with Crippen LogP contribution in [0.15, 0.2) is 35.1 Å². The van der Waals surface area contributed by atoms with Crippen LogP contribution in [0.2, 0.25) is 0 Å². The Hall–Kier alpha value is -1.29. The van der Waals surface area contributed by atoms with Crippen molar-refractivity contribution in [2.75, 3.05) is 5.32 Å². The summed E-state index contributed by atoms with van der Waals surface area (Å²) in [5.41, 5.74) is 2.28. The van der Waals surface area contributed by atoms with Crippen molar-refractivity contribution in [3.05, 3.63) is 40.6 Å². The van der Waals surface area contributed by atoms with Crippen LogP contribution >= 0.6 is 15.9 Å². The number of rotatable bonds is 3. The molecule has 0 saturated heterocycles. The zero-order chi connectivity index (χ0) is 12.4. The highest BCUT2D eigenvalue weighted by atomic mass is 79.9. The van der Waals surface area contributed by atoms with Crippen molar-refractivity contribution in [3.63, 3.8) is 0 Å². The highest BCUT2D eigenvalue weighted by molar-refractivity contribution is 9.10. The maximum Gasteiger partial charge on any atom is 0.207 e. The molecule has 90 valence electrons. The summed E-state index contributed by atoms with van der Waals surface area (Å²) >= 11 is 3.48. The highest BCUT2D eigenvalue weighted by Crippen LogP contribution is 2.24. The number of benzene rings is 1. The monoisotopic (exact) mass is 293 g/mol. The largest absolute Gasteiger partial charge is 0.325 e. The van der Waals surface area contributed by atoms with Crippen molar-refractivity contribution in [2.24, 2.45) is 0 Å². The molecule has 0 amide bonds. The molecule has 1 aromatic carbocycles. The molecule has 0 spiro atoms. The van der Waals surface area contributed by atoms with E-state index in [0.717, 1.165) is 16.1 Å². The first-order valence-electron chi connectivity index (χ1n) is 5.64. The third-order valence-electron chi connectivity index (χ3n) is 2.67. The average molecular weight is 294 g/mol. The number of nitrogens with one attached hydrogen (secondary N) is 1. The number of anilines is 2. The standard InChI is InChI=1S/C13H16BrN3/c1-9(2)17-7-6-15-13(17)16-12-8-11(14)5-4-10(12)3/h4-9H,1-3H3,(H,15,16). The molecule has 17 heavy (non-hydrogen) atoms. The van der Waals surface area contributed by atoms with E-state index < -0.39 is 0 Å². The second-order valence-electron chi connectivity index (χ2n) is 4.34.